The fourth-order valence-corrected chi connectivity index (χ4v) is 1.71. The van der Waals surface area contributed by atoms with Gasteiger partial charge in [0.15, 0.2) is 0 Å². The van der Waals surface area contributed by atoms with Crippen LogP contribution in [0.15, 0.2) is 30.9 Å². The molecule has 1 aromatic carbocycles. The van der Waals surface area contributed by atoms with Crippen LogP contribution in [0.5, 0.6) is 0 Å². The first kappa shape index (κ1) is 15.4. The number of carboxylic acids is 1. The Kier molecular flexibility index (Phi) is 5.46. The third kappa shape index (κ3) is 3.68. The lowest BCUT2D eigenvalue weighted by atomic mass is 9.98. The van der Waals surface area contributed by atoms with E-state index in [-0.39, 0.29) is 24.2 Å². The number of carbonyl (C=O) groups excluding carboxylic acids is 2. The number of carboxylic acid groups (broad SMARTS) is 1. The van der Waals surface area contributed by atoms with Crippen molar-refractivity contribution in [2.75, 3.05) is 13.7 Å². The average Bonchev–Trinajstić information content (AvgIpc) is 2.45. The topological polar surface area (TPSA) is 92.7 Å². The first-order chi connectivity index (χ1) is 9.51. The van der Waals surface area contributed by atoms with E-state index < -0.39 is 17.8 Å². The van der Waals surface area contributed by atoms with Gasteiger partial charge in [0.1, 0.15) is 0 Å². The molecule has 0 aromatic heterocycles. The molecule has 0 aliphatic heterocycles. The van der Waals surface area contributed by atoms with Crippen LogP contribution in [0.25, 0.3) is 0 Å². The molecule has 1 aromatic rings. The van der Waals surface area contributed by atoms with Crippen molar-refractivity contribution >= 4 is 17.8 Å². The van der Waals surface area contributed by atoms with Gasteiger partial charge in [-0.15, -0.1) is 0 Å². The Morgan fingerprint density at radius 3 is 2.65 bits per heavy atom. The third-order valence-corrected chi connectivity index (χ3v) is 2.62. The molecular formula is C14H15NO5. The number of carbonyl (C=O) groups is 3. The molecule has 106 valence electrons. The number of esters is 1. The molecule has 0 unspecified atom stereocenters. The molecular weight excluding hydrogens is 262 g/mol. The van der Waals surface area contributed by atoms with Gasteiger partial charge in [0.25, 0.3) is 5.91 Å². The van der Waals surface area contributed by atoms with Crippen LogP contribution in [-0.2, 0) is 16.0 Å². The number of amides is 1. The minimum Gasteiger partial charge on any atom is -0.478 e. The maximum atomic E-state index is 11.6. The maximum absolute atomic E-state index is 11.6. The predicted molar refractivity (Wildman–Crippen MR) is 71.7 cm³/mol. The molecule has 1 rings (SSSR count). The molecule has 0 heterocycles. The molecule has 6 heteroatoms. The molecule has 0 atom stereocenters. The van der Waals surface area contributed by atoms with E-state index >= 15 is 0 Å². The van der Waals surface area contributed by atoms with Crippen LogP contribution in [0.4, 0.5) is 0 Å². The number of hydrogen-bond donors (Lipinski definition) is 2. The molecule has 0 spiro atoms. The third-order valence-electron chi connectivity index (χ3n) is 2.62. The Balaban J connectivity index is 3.01. The maximum Gasteiger partial charge on any atom is 0.336 e. The Morgan fingerprint density at radius 2 is 2.10 bits per heavy atom. The second kappa shape index (κ2) is 7.08. The fourth-order valence-electron chi connectivity index (χ4n) is 1.71. The van der Waals surface area contributed by atoms with Crippen molar-refractivity contribution in [2.24, 2.45) is 0 Å². The van der Waals surface area contributed by atoms with Gasteiger partial charge in [-0.25, -0.2) is 9.59 Å². The summed E-state index contributed by atoms with van der Waals surface area (Å²) in [4.78, 5) is 33.9. The Bertz CT molecular complexity index is 550. The largest absolute Gasteiger partial charge is 0.478 e. The summed E-state index contributed by atoms with van der Waals surface area (Å²) >= 11 is 0. The summed E-state index contributed by atoms with van der Waals surface area (Å²) in [6.45, 7) is 3.28. The van der Waals surface area contributed by atoms with Crippen LogP contribution in [-0.4, -0.2) is 36.6 Å². The summed E-state index contributed by atoms with van der Waals surface area (Å²) in [7, 11) is 1.42. The second-order valence-electron chi connectivity index (χ2n) is 3.85. The van der Waals surface area contributed by atoms with E-state index in [4.69, 9.17) is 4.74 Å². The van der Waals surface area contributed by atoms with Crippen LogP contribution in [0.3, 0.4) is 0 Å². The minimum atomic E-state index is -1.20. The zero-order valence-corrected chi connectivity index (χ0v) is 11.0. The van der Waals surface area contributed by atoms with E-state index in [1.54, 1.807) is 12.1 Å². The van der Waals surface area contributed by atoms with E-state index in [0.717, 1.165) is 6.08 Å². The zero-order chi connectivity index (χ0) is 15.1. The molecule has 0 bridgehead atoms. The fraction of sp³-hybridized carbons (Fsp3) is 0.214. The van der Waals surface area contributed by atoms with E-state index in [2.05, 4.69) is 11.9 Å². The van der Waals surface area contributed by atoms with Crippen LogP contribution in [0.1, 0.15) is 26.3 Å². The van der Waals surface area contributed by atoms with Gasteiger partial charge < -0.3 is 15.2 Å². The first-order valence-electron chi connectivity index (χ1n) is 5.87. The van der Waals surface area contributed by atoms with Gasteiger partial charge in [-0.3, -0.25) is 4.79 Å². The van der Waals surface area contributed by atoms with Gasteiger partial charge in [-0.1, -0.05) is 18.7 Å². The van der Waals surface area contributed by atoms with E-state index in [1.807, 2.05) is 0 Å². The molecule has 0 saturated carbocycles. The SMILES string of the molecule is C=CC(=O)OCCc1cccc(C(=O)NC)c1C(=O)O. The molecule has 0 aliphatic rings. The lowest BCUT2D eigenvalue weighted by Crippen LogP contribution is -2.22. The van der Waals surface area contributed by atoms with Crippen molar-refractivity contribution in [3.8, 4) is 0 Å². The summed E-state index contributed by atoms with van der Waals surface area (Å²) in [5, 5.41) is 11.6. The summed E-state index contributed by atoms with van der Waals surface area (Å²) < 4.78 is 4.81. The zero-order valence-electron chi connectivity index (χ0n) is 11.0. The minimum absolute atomic E-state index is 0.0162. The van der Waals surface area contributed by atoms with Gasteiger partial charge in [-0.2, -0.15) is 0 Å². The van der Waals surface area contributed by atoms with Crippen molar-refractivity contribution in [2.45, 2.75) is 6.42 Å². The molecule has 0 radical (unpaired) electrons. The predicted octanol–water partition coefficient (Wildman–Crippen LogP) is 1.02. The van der Waals surface area contributed by atoms with Gasteiger partial charge in [0, 0.05) is 19.5 Å². The summed E-state index contributed by atoms with van der Waals surface area (Å²) in [5.41, 5.74) is 0.421. The van der Waals surface area contributed by atoms with Gasteiger partial charge in [0.2, 0.25) is 0 Å². The van der Waals surface area contributed by atoms with Gasteiger partial charge in [-0.05, 0) is 11.6 Å². The van der Waals surface area contributed by atoms with Gasteiger partial charge >= 0.3 is 11.9 Å². The van der Waals surface area contributed by atoms with E-state index in [9.17, 15) is 19.5 Å². The van der Waals surface area contributed by atoms with Crippen molar-refractivity contribution < 1.29 is 24.2 Å². The van der Waals surface area contributed by atoms with Crippen LogP contribution in [0.2, 0.25) is 0 Å². The summed E-state index contributed by atoms with van der Waals surface area (Å²) in [6.07, 6.45) is 1.23. The van der Waals surface area contributed by atoms with Crippen LogP contribution >= 0.6 is 0 Å². The lowest BCUT2D eigenvalue weighted by molar-refractivity contribution is -0.137. The highest BCUT2D eigenvalue weighted by atomic mass is 16.5. The van der Waals surface area contributed by atoms with Crippen LogP contribution < -0.4 is 5.32 Å². The molecule has 1 amide bonds. The summed E-state index contributed by atoms with van der Waals surface area (Å²) in [6, 6.07) is 4.60. The molecule has 20 heavy (non-hydrogen) atoms. The van der Waals surface area contributed by atoms with Crippen molar-refractivity contribution in [3.63, 3.8) is 0 Å². The van der Waals surface area contributed by atoms with Crippen LogP contribution in [0, 0.1) is 0 Å². The molecule has 0 saturated heterocycles. The first-order valence-corrected chi connectivity index (χ1v) is 5.87. The Labute approximate surface area is 116 Å². The highest BCUT2D eigenvalue weighted by Crippen LogP contribution is 2.16. The van der Waals surface area contributed by atoms with Crippen molar-refractivity contribution in [3.05, 3.63) is 47.5 Å². The second-order valence-corrected chi connectivity index (χ2v) is 3.85. The lowest BCUT2D eigenvalue weighted by Gasteiger charge is -2.10. The number of benzene rings is 1. The standard InChI is InChI=1S/C14H15NO5/c1-3-11(16)20-8-7-9-5-4-6-10(13(17)15-2)12(9)14(18)19/h3-6H,1,7-8H2,2H3,(H,15,17)(H,18,19). The Hall–Kier alpha value is -2.63. The van der Waals surface area contributed by atoms with Gasteiger partial charge in [0.05, 0.1) is 17.7 Å². The smallest absolute Gasteiger partial charge is 0.336 e. The molecule has 2 N–H and O–H groups in total. The number of ether oxygens (including phenoxy) is 1. The Morgan fingerprint density at radius 1 is 1.40 bits per heavy atom. The molecule has 6 nitrogen and oxygen atoms in total. The van der Waals surface area contributed by atoms with Crippen molar-refractivity contribution in [1.82, 2.24) is 5.32 Å². The highest BCUT2D eigenvalue weighted by Gasteiger charge is 2.19. The van der Waals surface area contributed by atoms with E-state index in [0.29, 0.717) is 5.56 Å². The van der Waals surface area contributed by atoms with Crippen molar-refractivity contribution in [1.29, 1.82) is 0 Å². The normalized spacial score (nSPS) is 9.65. The monoisotopic (exact) mass is 277 g/mol. The quantitative estimate of drug-likeness (QED) is 0.598. The number of hydrogen-bond acceptors (Lipinski definition) is 4. The summed E-state index contributed by atoms with van der Waals surface area (Å²) in [5.74, 6) is -2.26. The number of aromatic carboxylic acids is 1. The molecule has 0 fully saturated rings. The number of rotatable bonds is 6. The average molecular weight is 277 g/mol. The van der Waals surface area contributed by atoms with E-state index in [1.165, 1.54) is 13.1 Å². The number of nitrogens with one attached hydrogen (secondary N) is 1. The highest BCUT2D eigenvalue weighted by molar-refractivity contribution is 6.05. The molecule has 0 aliphatic carbocycles.